The summed E-state index contributed by atoms with van der Waals surface area (Å²) in [6.07, 6.45) is -4.36. The van der Waals surface area contributed by atoms with Gasteiger partial charge in [-0.1, -0.05) is 26.0 Å². The molecule has 0 aromatic heterocycles. The van der Waals surface area contributed by atoms with Crippen LogP contribution >= 0.6 is 0 Å². The van der Waals surface area contributed by atoms with Gasteiger partial charge in [-0.15, -0.1) is 0 Å². The van der Waals surface area contributed by atoms with E-state index in [9.17, 15) is 13.2 Å². The Kier molecular flexibility index (Phi) is 9.26. The summed E-state index contributed by atoms with van der Waals surface area (Å²) in [5, 5.41) is 6.31. The molecule has 0 aliphatic carbocycles. The highest BCUT2D eigenvalue weighted by Crippen LogP contribution is 2.23. The fourth-order valence-corrected chi connectivity index (χ4v) is 2.37. The average molecular weight is 374 g/mol. The maximum absolute atomic E-state index is 12.4. The van der Waals surface area contributed by atoms with Gasteiger partial charge in [0.25, 0.3) is 0 Å². The lowest BCUT2D eigenvalue weighted by Gasteiger charge is -2.20. The molecule has 1 aromatic carbocycles. The molecule has 0 heterocycles. The number of nitrogens with zero attached hydrogens (tertiary/aromatic N) is 2. The van der Waals surface area contributed by atoms with Gasteiger partial charge in [0, 0.05) is 32.2 Å². The Balaban J connectivity index is 2.61. The molecule has 0 amide bonds. The number of rotatable bonds is 9. The fraction of sp³-hybridized carbons (Fsp3) is 0.611. The van der Waals surface area contributed by atoms with Crippen molar-refractivity contribution >= 4 is 5.96 Å². The van der Waals surface area contributed by atoms with E-state index in [0.717, 1.165) is 31.7 Å². The van der Waals surface area contributed by atoms with Crippen molar-refractivity contribution in [2.45, 2.75) is 33.5 Å². The molecule has 26 heavy (non-hydrogen) atoms. The molecule has 0 saturated heterocycles. The van der Waals surface area contributed by atoms with Gasteiger partial charge in [-0.2, -0.15) is 13.2 Å². The monoisotopic (exact) mass is 374 g/mol. The van der Waals surface area contributed by atoms with Crippen molar-refractivity contribution in [1.29, 1.82) is 0 Å². The first-order valence-electron chi connectivity index (χ1n) is 8.75. The highest BCUT2D eigenvalue weighted by Gasteiger charge is 2.28. The normalized spacial score (nSPS) is 12.4. The highest BCUT2D eigenvalue weighted by atomic mass is 19.4. The molecule has 0 bridgehead atoms. The van der Waals surface area contributed by atoms with Crippen molar-refractivity contribution in [3.63, 3.8) is 0 Å². The summed E-state index contributed by atoms with van der Waals surface area (Å²) in [6, 6.07) is 5.21. The van der Waals surface area contributed by atoms with Crippen molar-refractivity contribution < 1.29 is 17.9 Å². The number of guanidine groups is 1. The smallest absolute Gasteiger partial charge is 0.422 e. The zero-order valence-electron chi connectivity index (χ0n) is 15.9. The third kappa shape index (κ3) is 8.42. The first-order chi connectivity index (χ1) is 12.3. The maximum Gasteiger partial charge on any atom is 0.422 e. The molecule has 148 valence electrons. The third-order valence-corrected chi connectivity index (χ3v) is 3.90. The quantitative estimate of drug-likeness (QED) is 0.515. The van der Waals surface area contributed by atoms with E-state index in [1.807, 2.05) is 13.0 Å². The van der Waals surface area contributed by atoms with E-state index < -0.39 is 12.8 Å². The lowest BCUT2D eigenvalue weighted by atomic mass is 10.1. The number of hydrogen-bond acceptors (Lipinski definition) is 3. The molecule has 0 atom stereocenters. The molecular weight excluding hydrogens is 345 g/mol. The molecule has 1 rings (SSSR count). The Morgan fingerprint density at radius 3 is 2.46 bits per heavy atom. The van der Waals surface area contributed by atoms with E-state index in [0.29, 0.717) is 18.1 Å². The molecule has 2 N–H and O–H groups in total. The van der Waals surface area contributed by atoms with E-state index in [-0.39, 0.29) is 5.75 Å². The molecule has 5 nitrogen and oxygen atoms in total. The number of likely N-dealkylation sites (N-methyl/N-ethyl adjacent to an activating group) is 1. The predicted molar refractivity (Wildman–Crippen MR) is 98.7 cm³/mol. The summed E-state index contributed by atoms with van der Waals surface area (Å²) in [4.78, 5) is 6.42. The zero-order chi connectivity index (χ0) is 19.6. The minimum atomic E-state index is -4.36. The van der Waals surface area contributed by atoms with Crippen molar-refractivity contribution in [2.24, 2.45) is 4.99 Å². The Morgan fingerprint density at radius 1 is 1.19 bits per heavy atom. The van der Waals surface area contributed by atoms with Crippen LogP contribution in [-0.2, 0) is 6.54 Å². The van der Waals surface area contributed by atoms with E-state index in [4.69, 9.17) is 4.74 Å². The van der Waals surface area contributed by atoms with Crippen LogP contribution in [0.4, 0.5) is 13.2 Å². The van der Waals surface area contributed by atoms with Crippen molar-refractivity contribution in [3.8, 4) is 5.75 Å². The van der Waals surface area contributed by atoms with Crippen LogP contribution in [0.3, 0.4) is 0 Å². The van der Waals surface area contributed by atoms with Crippen LogP contribution in [0.15, 0.2) is 23.2 Å². The van der Waals surface area contributed by atoms with Crippen LogP contribution < -0.4 is 15.4 Å². The molecule has 0 unspecified atom stereocenters. The third-order valence-electron chi connectivity index (χ3n) is 3.90. The summed E-state index contributed by atoms with van der Waals surface area (Å²) in [5.41, 5.74) is 1.49. The standard InChI is InChI=1S/C18H29F3N4O/c1-5-25(6-2)10-9-23-17(22-4)24-12-15-8-7-14(3)11-16(15)26-13-18(19,20)21/h7-8,11H,5-6,9-10,12-13H2,1-4H3,(H2,22,23,24). The molecule has 0 radical (unpaired) electrons. The number of aryl methyl sites for hydroxylation is 1. The van der Waals surface area contributed by atoms with Crippen LogP contribution in [0, 0.1) is 6.92 Å². The van der Waals surface area contributed by atoms with Gasteiger partial charge < -0.3 is 20.3 Å². The second kappa shape index (κ2) is 10.9. The largest absolute Gasteiger partial charge is 0.484 e. The van der Waals surface area contributed by atoms with Gasteiger partial charge >= 0.3 is 6.18 Å². The minimum absolute atomic E-state index is 0.230. The SMILES string of the molecule is CCN(CC)CCNC(=NC)NCc1ccc(C)cc1OCC(F)(F)F. The van der Waals surface area contributed by atoms with E-state index in [1.165, 1.54) is 0 Å². The highest BCUT2D eigenvalue weighted by molar-refractivity contribution is 5.79. The van der Waals surface area contributed by atoms with Gasteiger partial charge in [-0.25, -0.2) is 0 Å². The Morgan fingerprint density at radius 2 is 1.88 bits per heavy atom. The molecule has 0 saturated carbocycles. The molecule has 0 aliphatic rings. The van der Waals surface area contributed by atoms with Gasteiger partial charge in [0.05, 0.1) is 0 Å². The van der Waals surface area contributed by atoms with E-state index >= 15 is 0 Å². The molecule has 0 aliphatic heterocycles. The van der Waals surface area contributed by atoms with Crippen LogP contribution in [0.5, 0.6) is 5.75 Å². The first-order valence-corrected chi connectivity index (χ1v) is 8.75. The molecule has 1 aromatic rings. The molecule has 8 heteroatoms. The van der Waals surface area contributed by atoms with Crippen molar-refractivity contribution in [2.75, 3.05) is 39.8 Å². The Hall–Kier alpha value is -1.96. The predicted octanol–water partition coefficient (Wildman–Crippen LogP) is 2.94. The summed E-state index contributed by atoms with van der Waals surface area (Å²) in [6.45, 7) is 8.61. The number of benzene rings is 1. The van der Waals surface area contributed by atoms with Gasteiger partial charge in [0.1, 0.15) is 5.75 Å². The molecule has 0 fully saturated rings. The summed E-state index contributed by atoms with van der Waals surface area (Å²) in [7, 11) is 1.66. The first kappa shape index (κ1) is 22.1. The number of halogens is 3. The van der Waals surface area contributed by atoms with E-state index in [1.54, 1.807) is 19.2 Å². The molecular formula is C18H29F3N4O. The topological polar surface area (TPSA) is 48.9 Å². The number of aliphatic imine (C=N–C) groups is 1. The Bertz CT molecular complexity index is 572. The second-order valence-electron chi connectivity index (χ2n) is 5.89. The van der Waals surface area contributed by atoms with Crippen LogP contribution in [-0.4, -0.2) is 56.9 Å². The van der Waals surface area contributed by atoms with Gasteiger partial charge in [-0.05, 0) is 31.6 Å². The maximum atomic E-state index is 12.4. The van der Waals surface area contributed by atoms with Gasteiger partial charge in [0.15, 0.2) is 12.6 Å². The lowest BCUT2D eigenvalue weighted by molar-refractivity contribution is -0.153. The Labute approximate surface area is 153 Å². The molecule has 0 spiro atoms. The number of alkyl halides is 3. The van der Waals surface area contributed by atoms with Crippen molar-refractivity contribution in [1.82, 2.24) is 15.5 Å². The number of nitrogens with one attached hydrogen (secondary N) is 2. The lowest BCUT2D eigenvalue weighted by Crippen LogP contribution is -2.41. The zero-order valence-corrected chi connectivity index (χ0v) is 15.9. The van der Waals surface area contributed by atoms with Crippen molar-refractivity contribution in [3.05, 3.63) is 29.3 Å². The van der Waals surface area contributed by atoms with Gasteiger partial charge in [-0.3, -0.25) is 4.99 Å². The van der Waals surface area contributed by atoms with Gasteiger partial charge in [0.2, 0.25) is 0 Å². The van der Waals surface area contributed by atoms with E-state index in [2.05, 4.69) is 34.4 Å². The summed E-state index contributed by atoms with van der Waals surface area (Å²) < 4.78 is 42.3. The van der Waals surface area contributed by atoms with Crippen LogP contribution in [0.25, 0.3) is 0 Å². The summed E-state index contributed by atoms with van der Waals surface area (Å²) in [5.74, 6) is 0.827. The average Bonchev–Trinajstić information content (AvgIpc) is 2.60. The van der Waals surface area contributed by atoms with Crippen LogP contribution in [0.2, 0.25) is 0 Å². The number of ether oxygens (including phenoxy) is 1. The minimum Gasteiger partial charge on any atom is -0.484 e. The number of hydrogen-bond donors (Lipinski definition) is 2. The summed E-state index contributed by atoms with van der Waals surface area (Å²) >= 11 is 0. The van der Waals surface area contributed by atoms with Crippen LogP contribution in [0.1, 0.15) is 25.0 Å². The second-order valence-corrected chi connectivity index (χ2v) is 5.89. The fourth-order valence-electron chi connectivity index (χ4n) is 2.37.